The third kappa shape index (κ3) is 2.08. The summed E-state index contributed by atoms with van der Waals surface area (Å²) in [5, 5.41) is 0. The molecule has 2 heteroatoms. The monoisotopic (exact) mass is 149 g/mol. The van der Waals surface area contributed by atoms with Crippen LogP contribution in [0, 0.1) is 0 Å². The summed E-state index contributed by atoms with van der Waals surface area (Å²) in [6.45, 7) is 1.87. The third-order valence-electron chi connectivity index (χ3n) is 1.58. The van der Waals surface area contributed by atoms with Gasteiger partial charge in [0.15, 0.2) is 0 Å². The van der Waals surface area contributed by atoms with Crippen LogP contribution in [-0.2, 0) is 11.2 Å². The average molecular weight is 149 g/mol. The van der Waals surface area contributed by atoms with Gasteiger partial charge in [-0.05, 0) is 24.6 Å². The maximum atomic E-state index is 10.4. The summed E-state index contributed by atoms with van der Waals surface area (Å²) >= 11 is 0. The molecule has 0 saturated carbocycles. The lowest BCUT2D eigenvalue weighted by Crippen LogP contribution is -1.90. The number of aldehydes is 1. The predicted octanol–water partition coefficient (Wildman–Crippen LogP) is 1.70. The number of H-pyrrole nitrogens is 1. The molecular formula is C9H11NO. The maximum absolute atomic E-state index is 10.4. The van der Waals surface area contributed by atoms with Gasteiger partial charge in [0.1, 0.15) is 6.29 Å². The van der Waals surface area contributed by atoms with E-state index < -0.39 is 0 Å². The van der Waals surface area contributed by atoms with Gasteiger partial charge >= 0.3 is 0 Å². The van der Waals surface area contributed by atoms with Crippen molar-refractivity contribution in [1.82, 2.24) is 4.98 Å². The lowest BCUT2D eigenvalue weighted by atomic mass is 10.1. The largest absolute Gasteiger partial charge is 0.365 e. The van der Waals surface area contributed by atoms with E-state index in [4.69, 9.17) is 0 Å². The first-order chi connectivity index (χ1) is 5.36. The zero-order valence-corrected chi connectivity index (χ0v) is 6.50. The highest BCUT2D eigenvalue weighted by Crippen LogP contribution is 2.02. The average Bonchev–Trinajstić information content (AvgIpc) is 2.52. The van der Waals surface area contributed by atoms with Crippen LogP contribution in [0.3, 0.4) is 0 Å². The van der Waals surface area contributed by atoms with Crippen LogP contribution in [0.5, 0.6) is 0 Å². The van der Waals surface area contributed by atoms with Gasteiger partial charge < -0.3 is 4.98 Å². The molecule has 0 unspecified atom stereocenters. The summed E-state index contributed by atoms with van der Waals surface area (Å²) < 4.78 is 0. The lowest BCUT2D eigenvalue weighted by Gasteiger charge is -1.94. The highest BCUT2D eigenvalue weighted by atomic mass is 16.1. The van der Waals surface area contributed by atoms with E-state index in [1.54, 1.807) is 0 Å². The molecule has 1 heterocycles. The fourth-order valence-corrected chi connectivity index (χ4v) is 0.909. The van der Waals surface area contributed by atoms with E-state index in [2.05, 4.69) is 4.98 Å². The smallest absolute Gasteiger partial charge is 0.146 e. The van der Waals surface area contributed by atoms with Gasteiger partial charge in [-0.3, -0.25) is 4.79 Å². The Morgan fingerprint density at radius 1 is 1.73 bits per heavy atom. The summed E-state index contributed by atoms with van der Waals surface area (Å²) in [7, 11) is 0. The normalized spacial score (nSPS) is 11.5. The number of carbonyl (C=O) groups is 1. The summed E-state index contributed by atoms with van der Waals surface area (Å²) in [5.41, 5.74) is 1.89. The van der Waals surface area contributed by atoms with Gasteiger partial charge in [0.25, 0.3) is 0 Å². The molecule has 0 radical (unpaired) electrons. The van der Waals surface area contributed by atoms with Gasteiger partial charge in [0, 0.05) is 18.3 Å². The highest BCUT2D eigenvalue weighted by molar-refractivity contribution is 5.73. The van der Waals surface area contributed by atoms with Crippen molar-refractivity contribution in [1.29, 1.82) is 0 Å². The van der Waals surface area contributed by atoms with E-state index in [9.17, 15) is 4.79 Å². The number of rotatable bonds is 3. The number of carbonyl (C=O) groups excluding carboxylic acids is 1. The molecule has 0 amide bonds. The molecule has 0 saturated heterocycles. The van der Waals surface area contributed by atoms with Crippen LogP contribution < -0.4 is 0 Å². The number of allylic oxidation sites excluding steroid dienone is 2. The first-order valence-corrected chi connectivity index (χ1v) is 3.59. The van der Waals surface area contributed by atoms with Gasteiger partial charge in [0.05, 0.1) is 0 Å². The molecule has 0 atom stereocenters. The maximum Gasteiger partial charge on any atom is 0.146 e. The molecule has 0 fully saturated rings. The minimum Gasteiger partial charge on any atom is -0.365 e. The van der Waals surface area contributed by atoms with Gasteiger partial charge in [-0.2, -0.15) is 0 Å². The van der Waals surface area contributed by atoms with Crippen molar-refractivity contribution in [2.45, 2.75) is 13.3 Å². The number of hydrogen-bond acceptors (Lipinski definition) is 1. The van der Waals surface area contributed by atoms with E-state index in [1.807, 2.05) is 31.3 Å². The molecule has 0 bridgehead atoms. The Morgan fingerprint density at radius 3 is 3.00 bits per heavy atom. The van der Waals surface area contributed by atoms with Gasteiger partial charge in [0.2, 0.25) is 0 Å². The Hall–Kier alpha value is -1.31. The van der Waals surface area contributed by atoms with Crippen LogP contribution in [0.25, 0.3) is 0 Å². The van der Waals surface area contributed by atoms with E-state index in [1.165, 1.54) is 0 Å². The number of aromatic amines is 1. The summed E-state index contributed by atoms with van der Waals surface area (Å²) in [6.07, 6.45) is 5.27. The van der Waals surface area contributed by atoms with E-state index in [-0.39, 0.29) is 0 Å². The zero-order chi connectivity index (χ0) is 8.10. The fraction of sp³-hybridized carbons (Fsp3) is 0.222. The molecule has 58 valence electrons. The SMILES string of the molecule is CC=C(C=O)Cc1ccc[nH]1. The first-order valence-electron chi connectivity index (χ1n) is 3.59. The topological polar surface area (TPSA) is 32.9 Å². The molecule has 0 aliphatic heterocycles. The standard InChI is InChI=1S/C9H11NO/c1-2-8(7-11)6-9-4-3-5-10-9/h2-5,7,10H,6H2,1H3. The number of hydrogen-bond donors (Lipinski definition) is 1. The molecule has 1 aromatic rings. The van der Waals surface area contributed by atoms with Crippen LogP contribution in [-0.4, -0.2) is 11.3 Å². The van der Waals surface area contributed by atoms with Crippen molar-refractivity contribution in [3.05, 3.63) is 35.7 Å². The second-order valence-corrected chi connectivity index (χ2v) is 2.35. The summed E-state index contributed by atoms with van der Waals surface area (Å²) in [4.78, 5) is 13.4. The van der Waals surface area contributed by atoms with Crippen molar-refractivity contribution < 1.29 is 4.79 Å². The Balaban J connectivity index is 2.62. The molecule has 0 aliphatic carbocycles. The molecule has 0 aliphatic rings. The highest BCUT2D eigenvalue weighted by Gasteiger charge is 1.95. The molecule has 1 N–H and O–H groups in total. The number of aromatic nitrogens is 1. The molecule has 0 spiro atoms. The van der Waals surface area contributed by atoms with Crippen LogP contribution >= 0.6 is 0 Å². The molecular weight excluding hydrogens is 138 g/mol. The molecule has 0 aromatic carbocycles. The Kier molecular flexibility index (Phi) is 2.66. The minimum absolute atomic E-state index is 0.701. The Bertz CT molecular complexity index is 247. The van der Waals surface area contributed by atoms with Gasteiger partial charge in [-0.1, -0.05) is 6.08 Å². The van der Waals surface area contributed by atoms with Crippen LogP contribution in [0.4, 0.5) is 0 Å². The van der Waals surface area contributed by atoms with E-state index >= 15 is 0 Å². The van der Waals surface area contributed by atoms with Crippen LogP contribution in [0.2, 0.25) is 0 Å². The fourth-order valence-electron chi connectivity index (χ4n) is 0.909. The summed E-state index contributed by atoms with van der Waals surface area (Å²) in [5.74, 6) is 0. The first kappa shape index (κ1) is 7.79. The lowest BCUT2D eigenvalue weighted by molar-refractivity contribution is -0.105. The van der Waals surface area contributed by atoms with E-state index in [0.29, 0.717) is 6.42 Å². The second-order valence-electron chi connectivity index (χ2n) is 2.35. The predicted molar refractivity (Wildman–Crippen MR) is 44.3 cm³/mol. The summed E-state index contributed by atoms with van der Waals surface area (Å²) in [6, 6.07) is 3.89. The van der Waals surface area contributed by atoms with Crippen molar-refractivity contribution in [2.75, 3.05) is 0 Å². The Labute approximate surface area is 65.9 Å². The van der Waals surface area contributed by atoms with Crippen LogP contribution in [0.15, 0.2) is 30.0 Å². The zero-order valence-electron chi connectivity index (χ0n) is 6.50. The van der Waals surface area contributed by atoms with Gasteiger partial charge in [-0.15, -0.1) is 0 Å². The van der Waals surface area contributed by atoms with Crippen molar-refractivity contribution >= 4 is 6.29 Å². The minimum atomic E-state index is 0.701. The van der Waals surface area contributed by atoms with Gasteiger partial charge in [-0.25, -0.2) is 0 Å². The Morgan fingerprint density at radius 2 is 2.55 bits per heavy atom. The molecule has 2 nitrogen and oxygen atoms in total. The quantitative estimate of drug-likeness (QED) is 0.515. The second kappa shape index (κ2) is 3.76. The molecule has 1 aromatic heterocycles. The molecule has 1 rings (SSSR count). The van der Waals surface area contributed by atoms with Crippen molar-refractivity contribution in [3.8, 4) is 0 Å². The van der Waals surface area contributed by atoms with Crippen molar-refractivity contribution in [2.24, 2.45) is 0 Å². The van der Waals surface area contributed by atoms with Crippen molar-refractivity contribution in [3.63, 3.8) is 0 Å². The third-order valence-corrected chi connectivity index (χ3v) is 1.58. The van der Waals surface area contributed by atoms with Crippen LogP contribution in [0.1, 0.15) is 12.6 Å². The molecule has 11 heavy (non-hydrogen) atoms. The van der Waals surface area contributed by atoms with E-state index in [0.717, 1.165) is 17.6 Å². The number of nitrogens with one attached hydrogen (secondary N) is 1.